The van der Waals surface area contributed by atoms with Crippen LogP contribution in [0.15, 0.2) is 0 Å². The molecule has 3 nitrogen and oxygen atoms in total. The fraction of sp³-hybridized carbons (Fsp3) is 0.875. The maximum absolute atomic E-state index is 11.7. The van der Waals surface area contributed by atoms with Crippen molar-refractivity contribution >= 4 is 5.91 Å². The van der Waals surface area contributed by atoms with Gasteiger partial charge in [-0.15, -0.1) is 0 Å². The van der Waals surface area contributed by atoms with E-state index in [-0.39, 0.29) is 6.42 Å². The van der Waals surface area contributed by atoms with Gasteiger partial charge in [0.2, 0.25) is 5.91 Å². The lowest BCUT2D eigenvalue weighted by molar-refractivity contribution is -0.129. The van der Waals surface area contributed by atoms with Crippen LogP contribution in [0, 0.1) is 5.92 Å². The van der Waals surface area contributed by atoms with Crippen LogP contribution in [-0.4, -0.2) is 30.3 Å². The van der Waals surface area contributed by atoms with Gasteiger partial charge in [0, 0.05) is 13.0 Å². The Bertz CT molecular complexity index is 139. The summed E-state index contributed by atoms with van der Waals surface area (Å²) in [4.78, 5) is 10.9. The summed E-state index contributed by atoms with van der Waals surface area (Å²) in [7, 11) is 0. The molecule has 72 valence electrons. The summed E-state index contributed by atoms with van der Waals surface area (Å²) in [6.45, 7) is 3.74. The van der Waals surface area contributed by atoms with Crippen LogP contribution in [0.2, 0.25) is 0 Å². The average molecular weight is 177 g/mol. The van der Waals surface area contributed by atoms with Crippen LogP contribution in [0.3, 0.4) is 0 Å². The van der Waals surface area contributed by atoms with Crippen molar-refractivity contribution < 1.29 is 14.3 Å². The van der Waals surface area contributed by atoms with E-state index in [1.807, 2.05) is 13.8 Å². The molecule has 0 heterocycles. The van der Waals surface area contributed by atoms with Crippen molar-refractivity contribution in [2.75, 3.05) is 13.2 Å². The van der Waals surface area contributed by atoms with Crippen LogP contribution in [0.4, 0.5) is 4.39 Å². The number of hydrogen-bond acceptors (Lipinski definition) is 2. The lowest BCUT2D eigenvalue weighted by Gasteiger charge is -2.10. The van der Waals surface area contributed by atoms with E-state index in [1.165, 1.54) is 0 Å². The molecular formula is C8H16FNO2. The highest BCUT2D eigenvalue weighted by Crippen LogP contribution is 1.93. The third-order valence-electron chi connectivity index (χ3n) is 1.37. The van der Waals surface area contributed by atoms with E-state index in [0.29, 0.717) is 12.5 Å². The maximum atomic E-state index is 11.7. The molecular weight excluding hydrogens is 161 g/mol. The van der Waals surface area contributed by atoms with Gasteiger partial charge < -0.3 is 10.4 Å². The van der Waals surface area contributed by atoms with Crippen molar-refractivity contribution in [2.45, 2.75) is 26.4 Å². The van der Waals surface area contributed by atoms with E-state index < -0.39 is 18.7 Å². The molecule has 0 saturated heterocycles. The molecule has 0 fully saturated rings. The molecule has 0 bridgehead atoms. The second-order valence-corrected chi connectivity index (χ2v) is 3.13. The van der Waals surface area contributed by atoms with Gasteiger partial charge in [-0.2, -0.15) is 0 Å². The number of alkyl halides is 1. The highest BCUT2D eigenvalue weighted by molar-refractivity contribution is 5.80. The van der Waals surface area contributed by atoms with Crippen molar-refractivity contribution in [1.82, 2.24) is 5.32 Å². The van der Waals surface area contributed by atoms with E-state index >= 15 is 0 Å². The van der Waals surface area contributed by atoms with E-state index in [2.05, 4.69) is 5.32 Å². The van der Waals surface area contributed by atoms with Crippen LogP contribution in [0.5, 0.6) is 0 Å². The second-order valence-electron chi connectivity index (χ2n) is 3.13. The summed E-state index contributed by atoms with van der Waals surface area (Å²) in [6.07, 6.45) is -1.32. The van der Waals surface area contributed by atoms with Gasteiger partial charge in [-0.1, -0.05) is 13.8 Å². The third kappa shape index (κ3) is 5.07. The molecule has 1 amide bonds. The van der Waals surface area contributed by atoms with Gasteiger partial charge in [0.25, 0.3) is 0 Å². The minimum absolute atomic E-state index is 0.121. The third-order valence-corrected chi connectivity index (χ3v) is 1.37. The first-order valence-electron chi connectivity index (χ1n) is 4.09. The molecule has 0 aliphatic rings. The first kappa shape index (κ1) is 11.4. The van der Waals surface area contributed by atoms with Gasteiger partial charge in [-0.25, -0.2) is 0 Å². The predicted octanol–water partition coefficient (Wildman–Crippen LogP) is 0.479. The number of hydrogen-bond donors (Lipinski definition) is 2. The first-order chi connectivity index (χ1) is 5.57. The van der Waals surface area contributed by atoms with Crippen molar-refractivity contribution in [3.8, 4) is 0 Å². The zero-order chi connectivity index (χ0) is 9.56. The average Bonchev–Trinajstić information content (AvgIpc) is 2.00. The van der Waals surface area contributed by atoms with E-state index in [9.17, 15) is 9.18 Å². The number of halogens is 1. The molecule has 0 aliphatic heterocycles. The smallest absolute Gasteiger partial charge is 0.248 e. The molecule has 0 rings (SSSR count). The zero-order valence-corrected chi connectivity index (χ0v) is 7.51. The number of amides is 1. The Hall–Kier alpha value is -0.640. The second kappa shape index (κ2) is 5.94. The van der Waals surface area contributed by atoms with Gasteiger partial charge in [-0.3, -0.25) is 9.18 Å². The molecule has 2 N–H and O–H groups in total. The first-order valence-corrected chi connectivity index (χ1v) is 4.09. The fourth-order valence-electron chi connectivity index (χ4n) is 0.657. The molecule has 4 heteroatoms. The molecule has 0 radical (unpaired) electrons. The van der Waals surface area contributed by atoms with Gasteiger partial charge in [-0.05, 0) is 5.92 Å². The summed E-state index contributed by atoms with van der Waals surface area (Å²) in [5, 5.41) is 11.5. The van der Waals surface area contributed by atoms with Gasteiger partial charge in [0.15, 0.2) is 0 Å². The topological polar surface area (TPSA) is 49.3 Å². The normalized spacial score (nSPS) is 13.1. The standard InChI is InChI=1S/C8H16FNO2/c1-6(2)5-10-8(12)7(11)3-4-9/h6-7,11H,3-5H2,1-2H3,(H,10,12)/t7-/m0/s1. The van der Waals surface area contributed by atoms with Crippen molar-refractivity contribution in [3.63, 3.8) is 0 Å². The van der Waals surface area contributed by atoms with E-state index in [1.54, 1.807) is 0 Å². The zero-order valence-electron chi connectivity index (χ0n) is 7.51. The maximum Gasteiger partial charge on any atom is 0.248 e. The van der Waals surface area contributed by atoms with Crippen LogP contribution >= 0.6 is 0 Å². The molecule has 12 heavy (non-hydrogen) atoms. The van der Waals surface area contributed by atoms with E-state index in [4.69, 9.17) is 5.11 Å². The molecule has 0 aliphatic carbocycles. The van der Waals surface area contributed by atoms with Crippen molar-refractivity contribution in [3.05, 3.63) is 0 Å². The highest BCUT2D eigenvalue weighted by atomic mass is 19.1. The predicted molar refractivity (Wildman–Crippen MR) is 44.4 cm³/mol. The molecule has 0 unspecified atom stereocenters. The van der Waals surface area contributed by atoms with Gasteiger partial charge >= 0.3 is 0 Å². The SMILES string of the molecule is CC(C)CNC(=O)[C@@H](O)CCF. The van der Waals surface area contributed by atoms with Crippen LogP contribution in [0.1, 0.15) is 20.3 Å². The van der Waals surface area contributed by atoms with Gasteiger partial charge in [0.1, 0.15) is 6.10 Å². The largest absolute Gasteiger partial charge is 0.383 e. The monoisotopic (exact) mass is 177 g/mol. The molecule has 0 aromatic rings. The minimum Gasteiger partial charge on any atom is -0.383 e. The minimum atomic E-state index is -1.20. The Morgan fingerprint density at radius 2 is 2.17 bits per heavy atom. The summed E-state index contributed by atoms with van der Waals surface area (Å²) >= 11 is 0. The highest BCUT2D eigenvalue weighted by Gasteiger charge is 2.13. The molecule has 0 aromatic carbocycles. The summed E-state index contributed by atoms with van der Waals surface area (Å²) in [5.74, 6) is -0.145. The van der Waals surface area contributed by atoms with Crippen LogP contribution in [-0.2, 0) is 4.79 Å². The molecule has 1 atom stereocenters. The summed E-state index contributed by atoms with van der Waals surface area (Å²) in [5.41, 5.74) is 0. The van der Waals surface area contributed by atoms with Crippen molar-refractivity contribution in [2.24, 2.45) is 5.92 Å². The molecule has 0 aromatic heterocycles. The lowest BCUT2D eigenvalue weighted by Crippen LogP contribution is -2.36. The Labute approximate surface area is 72.0 Å². The fourth-order valence-corrected chi connectivity index (χ4v) is 0.657. The number of aliphatic hydroxyl groups is 1. The molecule has 0 saturated carbocycles. The number of nitrogens with one attached hydrogen (secondary N) is 1. The van der Waals surface area contributed by atoms with Gasteiger partial charge in [0.05, 0.1) is 6.67 Å². The summed E-state index contributed by atoms with van der Waals surface area (Å²) in [6, 6.07) is 0. The van der Waals surface area contributed by atoms with E-state index in [0.717, 1.165) is 0 Å². The Kier molecular flexibility index (Phi) is 5.62. The Morgan fingerprint density at radius 1 is 1.58 bits per heavy atom. The Balaban J connectivity index is 3.57. The number of carbonyl (C=O) groups is 1. The molecule has 0 spiro atoms. The van der Waals surface area contributed by atoms with Crippen LogP contribution in [0.25, 0.3) is 0 Å². The Morgan fingerprint density at radius 3 is 2.58 bits per heavy atom. The number of aliphatic hydroxyl groups excluding tert-OH is 1. The van der Waals surface area contributed by atoms with Crippen molar-refractivity contribution in [1.29, 1.82) is 0 Å². The summed E-state index contributed by atoms with van der Waals surface area (Å²) < 4.78 is 11.7. The number of carbonyl (C=O) groups excluding carboxylic acids is 1. The quantitative estimate of drug-likeness (QED) is 0.641. The lowest BCUT2D eigenvalue weighted by atomic mass is 10.2. The number of rotatable bonds is 5. The van der Waals surface area contributed by atoms with Crippen LogP contribution < -0.4 is 5.32 Å².